The highest BCUT2D eigenvalue weighted by Crippen LogP contribution is 2.21. The molecule has 0 saturated heterocycles. The lowest BCUT2D eigenvalue weighted by atomic mass is 10.2. The molecule has 0 aliphatic heterocycles. The summed E-state index contributed by atoms with van der Waals surface area (Å²) >= 11 is 6.01. The Hall–Kier alpha value is -3.10. The summed E-state index contributed by atoms with van der Waals surface area (Å²) in [5, 5.41) is 3.05. The van der Waals surface area contributed by atoms with E-state index in [4.69, 9.17) is 20.8 Å². The van der Waals surface area contributed by atoms with Gasteiger partial charge in [0.15, 0.2) is 16.4 Å². The SMILES string of the molecule is Cc1ccc(NC(=O)COC(=O)c2occc2CS(=O)(=O)c2ccccc2)cc1Cl. The van der Waals surface area contributed by atoms with Crippen LogP contribution in [0.15, 0.2) is 70.2 Å². The van der Waals surface area contributed by atoms with Gasteiger partial charge in [-0.15, -0.1) is 0 Å². The maximum absolute atomic E-state index is 12.5. The van der Waals surface area contributed by atoms with Crippen LogP contribution in [-0.2, 0) is 25.1 Å². The summed E-state index contributed by atoms with van der Waals surface area (Å²) in [6, 6.07) is 14.2. The minimum absolute atomic E-state index is 0.127. The Morgan fingerprint density at radius 2 is 1.83 bits per heavy atom. The lowest BCUT2D eigenvalue weighted by Gasteiger charge is -2.08. The molecule has 0 radical (unpaired) electrons. The van der Waals surface area contributed by atoms with Crippen molar-refractivity contribution in [1.82, 2.24) is 0 Å². The van der Waals surface area contributed by atoms with E-state index in [0.29, 0.717) is 10.7 Å². The van der Waals surface area contributed by atoms with Gasteiger partial charge in [-0.3, -0.25) is 4.79 Å². The molecule has 0 atom stereocenters. The topological polar surface area (TPSA) is 103 Å². The Kier molecular flexibility index (Phi) is 6.59. The number of carbonyl (C=O) groups excluding carboxylic acids is 2. The van der Waals surface area contributed by atoms with E-state index in [1.54, 1.807) is 36.4 Å². The average molecular weight is 448 g/mol. The maximum atomic E-state index is 12.5. The fraction of sp³-hybridized carbons (Fsp3) is 0.143. The van der Waals surface area contributed by atoms with Crippen LogP contribution in [0.25, 0.3) is 0 Å². The number of aryl methyl sites for hydroxylation is 1. The zero-order chi connectivity index (χ0) is 21.7. The highest BCUT2D eigenvalue weighted by Gasteiger charge is 2.24. The number of halogens is 1. The van der Waals surface area contributed by atoms with Crippen molar-refractivity contribution in [2.75, 3.05) is 11.9 Å². The number of esters is 1. The van der Waals surface area contributed by atoms with Gasteiger partial charge in [0.2, 0.25) is 5.76 Å². The maximum Gasteiger partial charge on any atom is 0.375 e. The van der Waals surface area contributed by atoms with E-state index in [0.717, 1.165) is 5.56 Å². The number of rotatable bonds is 7. The molecule has 9 heteroatoms. The molecule has 1 aromatic heterocycles. The Labute approximate surface area is 178 Å². The predicted octanol–water partition coefficient (Wildman–Crippen LogP) is 4.01. The third kappa shape index (κ3) is 5.28. The number of carbonyl (C=O) groups is 2. The van der Waals surface area contributed by atoms with E-state index in [9.17, 15) is 18.0 Å². The number of benzene rings is 2. The predicted molar refractivity (Wildman–Crippen MR) is 111 cm³/mol. The van der Waals surface area contributed by atoms with Gasteiger partial charge in [-0.2, -0.15) is 0 Å². The van der Waals surface area contributed by atoms with Gasteiger partial charge in [0.05, 0.1) is 16.9 Å². The number of sulfone groups is 1. The molecule has 0 saturated carbocycles. The van der Waals surface area contributed by atoms with Crippen molar-refractivity contribution in [2.45, 2.75) is 17.6 Å². The number of amides is 1. The molecule has 0 unspecified atom stereocenters. The molecule has 1 amide bonds. The molecule has 0 aliphatic rings. The van der Waals surface area contributed by atoms with E-state index in [2.05, 4.69) is 5.32 Å². The molecule has 1 N–H and O–H groups in total. The van der Waals surface area contributed by atoms with Crippen molar-refractivity contribution < 1.29 is 27.2 Å². The molecule has 156 valence electrons. The Morgan fingerprint density at radius 3 is 2.53 bits per heavy atom. The summed E-state index contributed by atoms with van der Waals surface area (Å²) in [4.78, 5) is 24.4. The number of anilines is 1. The summed E-state index contributed by atoms with van der Waals surface area (Å²) in [5.74, 6) is -2.21. The fourth-order valence-corrected chi connectivity index (χ4v) is 4.16. The van der Waals surface area contributed by atoms with Crippen molar-refractivity contribution in [2.24, 2.45) is 0 Å². The van der Waals surface area contributed by atoms with Crippen LogP contribution >= 0.6 is 11.6 Å². The van der Waals surface area contributed by atoms with Crippen molar-refractivity contribution in [3.8, 4) is 0 Å². The first-order chi connectivity index (χ1) is 14.3. The van der Waals surface area contributed by atoms with Crippen molar-refractivity contribution in [3.63, 3.8) is 0 Å². The van der Waals surface area contributed by atoms with Crippen LogP contribution in [0.2, 0.25) is 5.02 Å². The summed E-state index contributed by atoms with van der Waals surface area (Å²) in [6.45, 7) is 1.25. The molecule has 1 heterocycles. The summed E-state index contributed by atoms with van der Waals surface area (Å²) in [6.07, 6.45) is 1.20. The van der Waals surface area contributed by atoms with Crippen LogP contribution in [0.3, 0.4) is 0 Å². The average Bonchev–Trinajstić information content (AvgIpc) is 3.17. The lowest BCUT2D eigenvalue weighted by molar-refractivity contribution is -0.119. The zero-order valence-electron chi connectivity index (χ0n) is 15.9. The third-order valence-corrected chi connectivity index (χ3v) is 6.26. The Balaban J connectivity index is 1.62. The zero-order valence-corrected chi connectivity index (χ0v) is 17.5. The summed E-state index contributed by atoms with van der Waals surface area (Å²) in [5.41, 5.74) is 1.46. The van der Waals surface area contributed by atoms with E-state index < -0.39 is 34.1 Å². The molecule has 0 fully saturated rings. The number of hydrogen-bond donors (Lipinski definition) is 1. The normalized spacial score (nSPS) is 11.1. The van der Waals surface area contributed by atoms with Gasteiger partial charge < -0.3 is 14.5 Å². The summed E-state index contributed by atoms with van der Waals surface area (Å²) in [7, 11) is -3.68. The van der Waals surface area contributed by atoms with Gasteiger partial charge >= 0.3 is 5.97 Å². The highest BCUT2D eigenvalue weighted by molar-refractivity contribution is 7.90. The first kappa shape index (κ1) is 21.6. The molecule has 0 aliphatic carbocycles. The van der Waals surface area contributed by atoms with Crippen LogP contribution in [0.4, 0.5) is 5.69 Å². The summed E-state index contributed by atoms with van der Waals surface area (Å²) < 4.78 is 35.1. The first-order valence-electron chi connectivity index (χ1n) is 8.83. The molecule has 0 bridgehead atoms. The fourth-order valence-electron chi connectivity index (χ4n) is 2.61. The van der Waals surface area contributed by atoms with Gasteiger partial charge in [0.25, 0.3) is 5.91 Å². The van der Waals surface area contributed by atoms with E-state index >= 15 is 0 Å². The molecule has 30 heavy (non-hydrogen) atoms. The number of nitrogens with one attached hydrogen (secondary N) is 1. The van der Waals surface area contributed by atoms with Crippen molar-refractivity contribution in [1.29, 1.82) is 0 Å². The van der Waals surface area contributed by atoms with Gasteiger partial charge in [0, 0.05) is 16.3 Å². The van der Waals surface area contributed by atoms with Crippen LogP contribution in [0.5, 0.6) is 0 Å². The van der Waals surface area contributed by atoms with E-state index in [-0.39, 0.29) is 16.2 Å². The van der Waals surface area contributed by atoms with E-state index in [1.807, 2.05) is 6.92 Å². The van der Waals surface area contributed by atoms with Crippen LogP contribution in [0.1, 0.15) is 21.7 Å². The number of hydrogen-bond acceptors (Lipinski definition) is 6. The molecule has 7 nitrogen and oxygen atoms in total. The van der Waals surface area contributed by atoms with Gasteiger partial charge in [-0.1, -0.05) is 35.9 Å². The Bertz CT molecular complexity index is 1170. The van der Waals surface area contributed by atoms with Crippen molar-refractivity contribution in [3.05, 3.63) is 82.8 Å². The molecule has 3 rings (SSSR count). The van der Waals surface area contributed by atoms with Gasteiger partial charge in [0.1, 0.15) is 0 Å². The second-order valence-corrected chi connectivity index (χ2v) is 8.83. The largest absolute Gasteiger partial charge is 0.457 e. The minimum atomic E-state index is -3.68. The molecule has 2 aromatic carbocycles. The van der Waals surface area contributed by atoms with Crippen LogP contribution in [0, 0.1) is 6.92 Å². The van der Waals surface area contributed by atoms with Crippen LogP contribution < -0.4 is 5.32 Å². The highest BCUT2D eigenvalue weighted by atomic mass is 35.5. The van der Waals surface area contributed by atoms with Crippen LogP contribution in [-0.4, -0.2) is 26.9 Å². The van der Waals surface area contributed by atoms with Crippen molar-refractivity contribution >= 4 is 39.0 Å². The van der Waals surface area contributed by atoms with E-state index in [1.165, 1.54) is 24.5 Å². The number of furan rings is 1. The van der Waals surface area contributed by atoms with Gasteiger partial charge in [-0.25, -0.2) is 13.2 Å². The number of ether oxygens (including phenoxy) is 1. The standard InChI is InChI=1S/C21H18ClNO6S/c1-14-7-8-16(11-18(14)22)23-19(24)12-29-21(25)20-15(9-10-28-20)13-30(26,27)17-5-3-2-4-6-17/h2-11H,12-13H2,1H3,(H,23,24). The Morgan fingerprint density at radius 1 is 1.10 bits per heavy atom. The quantitative estimate of drug-likeness (QED) is 0.549. The lowest BCUT2D eigenvalue weighted by Crippen LogP contribution is -2.21. The van der Waals surface area contributed by atoms with Gasteiger partial charge in [-0.05, 0) is 42.8 Å². The molecular weight excluding hydrogens is 430 g/mol. The minimum Gasteiger partial charge on any atom is -0.457 e. The second kappa shape index (κ2) is 9.15. The molecule has 3 aromatic rings. The monoisotopic (exact) mass is 447 g/mol. The first-order valence-corrected chi connectivity index (χ1v) is 10.9. The molecular formula is C21H18ClNO6S. The second-order valence-electron chi connectivity index (χ2n) is 6.44. The molecule has 0 spiro atoms. The smallest absolute Gasteiger partial charge is 0.375 e. The third-order valence-electron chi connectivity index (χ3n) is 4.17.